The van der Waals surface area contributed by atoms with Gasteiger partial charge >= 0.3 is 0 Å². The van der Waals surface area contributed by atoms with Crippen LogP contribution in [-0.2, 0) is 9.84 Å². The van der Waals surface area contributed by atoms with Crippen LogP contribution >= 0.6 is 0 Å². The smallest absolute Gasteiger partial charge is 0.170 e. The number of rotatable bonds is 1. The molecule has 1 aliphatic rings. The molecule has 1 atom stereocenters. The molecule has 0 spiro atoms. The van der Waals surface area contributed by atoms with Crippen molar-refractivity contribution in [2.24, 2.45) is 17.2 Å². The summed E-state index contributed by atoms with van der Waals surface area (Å²) in [5.41, 5.74) is 17.3. The van der Waals surface area contributed by atoms with Gasteiger partial charge in [0.1, 0.15) is 4.87 Å². The van der Waals surface area contributed by atoms with Gasteiger partial charge in [0.15, 0.2) is 9.84 Å². The largest absolute Gasteiger partial charge is 0.400 e. The summed E-state index contributed by atoms with van der Waals surface area (Å²) in [6, 6.07) is 0. The lowest BCUT2D eigenvalue weighted by Gasteiger charge is -2.27. The first kappa shape index (κ1) is 10.1. The molecule has 0 aromatic rings. The highest BCUT2D eigenvalue weighted by Crippen LogP contribution is 2.24. The Bertz CT molecular complexity index is 383. The summed E-state index contributed by atoms with van der Waals surface area (Å²) in [5, 5.41) is 0. The van der Waals surface area contributed by atoms with Gasteiger partial charge in [-0.15, -0.1) is 0 Å². The van der Waals surface area contributed by atoms with Crippen molar-refractivity contribution >= 4 is 9.84 Å². The van der Waals surface area contributed by atoms with Crippen LogP contribution in [0.5, 0.6) is 0 Å². The molecule has 1 rings (SSSR count). The van der Waals surface area contributed by atoms with Crippen molar-refractivity contribution in [2.75, 3.05) is 6.26 Å². The summed E-state index contributed by atoms with van der Waals surface area (Å²) in [6.45, 7) is 0. The Morgan fingerprint density at radius 2 is 2.00 bits per heavy atom. The van der Waals surface area contributed by atoms with Crippen molar-refractivity contribution < 1.29 is 8.42 Å². The van der Waals surface area contributed by atoms with E-state index in [1.165, 1.54) is 12.2 Å². The molecule has 6 N–H and O–H groups in total. The van der Waals surface area contributed by atoms with E-state index in [-0.39, 0.29) is 6.42 Å². The van der Waals surface area contributed by atoms with Gasteiger partial charge in [0.25, 0.3) is 0 Å². The lowest BCUT2D eigenvalue weighted by Crippen LogP contribution is -2.48. The number of allylic oxidation sites excluding steroid dienone is 1. The van der Waals surface area contributed by atoms with Crippen LogP contribution < -0.4 is 17.2 Å². The zero-order valence-electron chi connectivity index (χ0n) is 7.32. The van der Waals surface area contributed by atoms with E-state index in [0.717, 1.165) is 6.26 Å². The van der Waals surface area contributed by atoms with E-state index in [1.807, 2.05) is 0 Å². The molecule has 0 bridgehead atoms. The lowest BCUT2D eigenvalue weighted by atomic mass is 10.0. The summed E-state index contributed by atoms with van der Waals surface area (Å²) in [7, 11) is -3.36. The van der Waals surface area contributed by atoms with Crippen molar-refractivity contribution in [1.29, 1.82) is 0 Å². The normalized spacial score (nSPS) is 29.4. The molecule has 0 heterocycles. The summed E-state index contributed by atoms with van der Waals surface area (Å²) < 4.78 is 22.5. The molecule has 5 nitrogen and oxygen atoms in total. The highest BCUT2D eigenvalue weighted by molar-refractivity contribution is 7.92. The Hall–Kier alpha value is -1.01. The van der Waals surface area contributed by atoms with Crippen LogP contribution in [0.2, 0.25) is 0 Å². The zero-order chi connectivity index (χ0) is 10.3. The van der Waals surface area contributed by atoms with E-state index in [9.17, 15) is 8.42 Å². The van der Waals surface area contributed by atoms with E-state index < -0.39 is 14.7 Å². The zero-order valence-corrected chi connectivity index (χ0v) is 8.14. The molecule has 1 aliphatic carbocycles. The molecule has 6 heteroatoms. The second-order valence-electron chi connectivity index (χ2n) is 3.22. The van der Waals surface area contributed by atoms with Crippen LogP contribution in [0.4, 0.5) is 0 Å². The fraction of sp³-hybridized carbons (Fsp3) is 0.429. The SMILES string of the molecule is CS(=O)(=O)C1(N)C=CC(N)=C(N)C1. The fourth-order valence-electron chi connectivity index (χ4n) is 1.05. The first-order valence-corrected chi connectivity index (χ1v) is 5.57. The average Bonchev–Trinajstić information content (AvgIpc) is 1.95. The molecule has 0 aliphatic heterocycles. The summed E-state index contributed by atoms with van der Waals surface area (Å²) in [6.07, 6.45) is 3.92. The summed E-state index contributed by atoms with van der Waals surface area (Å²) in [5.74, 6) is 0. The molecule has 74 valence electrons. The number of sulfone groups is 1. The predicted octanol–water partition coefficient (Wildman–Crippen LogP) is -1.23. The Morgan fingerprint density at radius 1 is 1.46 bits per heavy atom. The van der Waals surface area contributed by atoms with E-state index in [0.29, 0.717) is 11.4 Å². The van der Waals surface area contributed by atoms with Crippen LogP contribution in [0, 0.1) is 0 Å². The number of nitrogens with two attached hydrogens (primary N) is 3. The van der Waals surface area contributed by atoms with Gasteiger partial charge in [-0.1, -0.05) is 0 Å². The van der Waals surface area contributed by atoms with Gasteiger partial charge < -0.3 is 17.2 Å². The Balaban J connectivity index is 3.12. The van der Waals surface area contributed by atoms with Crippen molar-refractivity contribution in [3.05, 3.63) is 23.5 Å². The van der Waals surface area contributed by atoms with Gasteiger partial charge in [0.05, 0.1) is 5.70 Å². The topological polar surface area (TPSA) is 112 Å². The monoisotopic (exact) mass is 203 g/mol. The maximum atomic E-state index is 11.3. The highest BCUT2D eigenvalue weighted by atomic mass is 32.2. The van der Waals surface area contributed by atoms with Crippen molar-refractivity contribution in [3.63, 3.8) is 0 Å². The van der Waals surface area contributed by atoms with Crippen LogP contribution in [0.15, 0.2) is 23.5 Å². The Labute approximate surface area is 77.2 Å². The van der Waals surface area contributed by atoms with Gasteiger partial charge in [0, 0.05) is 18.4 Å². The van der Waals surface area contributed by atoms with Crippen LogP contribution in [0.25, 0.3) is 0 Å². The first-order chi connectivity index (χ1) is 5.76. The molecule has 0 amide bonds. The maximum Gasteiger partial charge on any atom is 0.170 e. The number of hydrogen-bond donors (Lipinski definition) is 3. The minimum atomic E-state index is -3.36. The lowest BCUT2D eigenvalue weighted by molar-refractivity contribution is 0.555. The van der Waals surface area contributed by atoms with Crippen molar-refractivity contribution in [2.45, 2.75) is 11.3 Å². The average molecular weight is 203 g/mol. The van der Waals surface area contributed by atoms with Crippen LogP contribution in [-0.4, -0.2) is 19.5 Å². The third-order valence-electron chi connectivity index (χ3n) is 2.07. The van der Waals surface area contributed by atoms with E-state index in [1.54, 1.807) is 0 Å². The summed E-state index contributed by atoms with van der Waals surface area (Å²) >= 11 is 0. The second kappa shape index (κ2) is 2.74. The molecule has 0 saturated carbocycles. The molecule has 0 aromatic heterocycles. The summed E-state index contributed by atoms with van der Waals surface area (Å²) in [4.78, 5) is -1.40. The van der Waals surface area contributed by atoms with E-state index >= 15 is 0 Å². The van der Waals surface area contributed by atoms with Gasteiger partial charge in [-0.2, -0.15) is 0 Å². The minimum absolute atomic E-state index is 0.0498. The Kier molecular flexibility index (Phi) is 2.13. The highest BCUT2D eigenvalue weighted by Gasteiger charge is 2.36. The van der Waals surface area contributed by atoms with E-state index in [2.05, 4.69) is 0 Å². The van der Waals surface area contributed by atoms with Crippen LogP contribution in [0.1, 0.15) is 6.42 Å². The standard InChI is InChI=1S/C7H13N3O2S/c1-13(11,12)7(10)3-2-5(8)6(9)4-7/h2-3H,4,8-10H2,1H3. The van der Waals surface area contributed by atoms with Gasteiger partial charge in [-0.05, 0) is 12.2 Å². The molecule has 1 unspecified atom stereocenters. The molecule has 0 fully saturated rings. The fourth-order valence-corrected chi connectivity index (χ4v) is 1.78. The second-order valence-corrected chi connectivity index (χ2v) is 5.52. The van der Waals surface area contributed by atoms with Gasteiger partial charge in [-0.25, -0.2) is 8.42 Å². The molecule has 0 saturated heterocycles. The third-order valence-corrected chi connectivity index (χ3v) is 3.73. The van der Waals surface area contributed by atoms with E-state index in [4.69, 9.17) is 17.2 Å². The van der Waals surface area contributed by atoms with Crippen molar-refractivity contribution in [1.82, 2.24) is 0 Å². The van der Waals surface area contributed by atoms with Gasteiger partial charge in [-0.3, -0.25) is 0 Å². The molecule has 13 heavy (non-hydrogen) atoms. The quantitative estimate of drug-likeness (QED) is 0.494. The predicted molar refractivity (Wildman–Crippen MR) is 50.9 cm³/mol. The minimum Gasteiger partial charge on any atom is -0.400 e. The molecular formula is C7H13N3O2S. The maximum absolute atomic E-state index is 11.3. The van der Waals surface area contributed by atoms with Crippen LogP contribution in [0.3, 0.4) is 0 Å². The number of hydrogen-bond acceptors (Lipinski definition) is 5. The molecule has 0 radical (unpaired) electrons. The molecule has 0 aromatic carbocycles. The Morgan fingerprint density at radius 3 is 2.38 bits per heavy atom. The van der Waals surface area contributed by atoms with Crippen molar-refractivity contribution in [3.8, 4) is 0 Å². The molecular weight excluding hydrogens is 190 g/mol. The first-order valence-electron chi connectivity index (χ1n) is 3.68. The third kappa shape index (κ3) is 1.68. The van der Waals surface area contributed by atoms with Gasteiger partial charge in [0.2, 0.25) is 0 Å².